The van der Waals surface area contributed by atoms with E-state index in [9.17, 15) is 19.2 Å². The molecule has 1 amide bonds. The molecule has 0 aliphatic carbocycles. The Labute approximate surface area is 247 Å². The number of Topliss-reactive ketones (excluding diaryl/α,β-unsaturated/α-hetero) is 2. The number of amides is 1. The van der Waals surface area contributed by atoms with E-state index in [1.807, 2.05) is 63.3 Å². The molecule has 42 heavy (non-hydrogen) atoms. The summed E-state index contributed by atoms with van der Waals surface area (Å²) in [6, 6.07) is 9.22. The molecule has 9 heteroatoms. The number of pyridine rings is 1. The summed E-state index contributed by atoms with van der Waals surface area (Å²) in [5.41, 5.74) is -0.245. The summed E-state index contributed by atoms with van der Waals surface area (Å²) in [6.45, 7) is 10.8. The Morgan fingerprint density at radius 1 is 1.12 bits per heavy atom. The van der Waals surface area contributed by atoms with Gasteiger partial charge in [-0.2, -0.15) is 0 Å². The lowest BCUT2D eigenvalue weighted by Crippen LogP contribution is -2.57. The Kier molecular flexibility index (Phi) is 9.50. The first-order valence-corrected chi connectivity index (χ1v) is 14.8. The number of fused-ring (bicyclic) bond motifs is 2. The lowest BCUT2D eigenvalue weighted by Gasteiger charge is -2.39. The summed E-state index contributed by atoms with van der Waals surface area (Å²) in [4.78, 5) is 56.8. The molecule has 3 unspecified atom stereocenters. The topological polar surface area (TPSA) is 121 Å². The normalized spacial score (nSPS) is 33.1. The number of cyclic esters (lactones) is 1. The van der Waals surface area contributed by atoms with Gasteiger partial charge in [0.15, 0.2) is 5.60 Å². The molecule has 2 fully saturated rings. The standard InChI is InChI=1S/C33H42N2O7/c1-7-27-33(6)29(35-31(39)42-33)22(4)28(37)20(2)18-32(5,15-14-26(36)21(3)30(38)41-27)40-16-10-11-23-17-24-12-8-9-13-25(24)34-19-23/h8-13,17,19-22,27,29H,7,14-16,18H2,1-6H3,(H,35,39)/b11-10+/t20-,21?,22?,27-,29?,32+,33-/m1/s1. The maximum absolute atomic E-state index is 13.7. The quantitative estimate of drug-likeness (QED) is 0.368. The van der Waals surface area contributed by atoms with Crippen LogP contribution in [-0.4, -0.2) is 58.6 Å². The van der Waals surface area contributed by atoms with Gasteiger partial charge in [0.05, 0.1) is 23.8 Å². The van der Waals surface area contributed by atoms with Crippen LogP contribution in [0.5, 0.6) is 0 Å². The number of nitrogens with zero attached hydrogens (tertiary/aromatic N) is 1. The Balaban J connectivity index is 1.55. The number of ether oxygens (including phenoxy) is 3. The van der Waals surface area contributed by atoms with Gasteiger partial charge in [-0.15, -0.1) is 0 Å². The average molecular weight is 579 g/mol. The highest BCUT2D eigenvalue weighted by molar-refractivity contribution is 5.98. The minimum absolute atomic E-state index is 0.0671. The summed E-state index contributed by atoms with van der Waals surface area (Å²) in [5.74, 6) is -3.05. The molecule has 0 bridgehead atoms. The number of para-hydroxylation sites is 1. The lowest BCUT2D eigenvalue weighted by atomic mass is 9.75. The minimum Gasteiger partial charge on any atom is -0.458 e. The number of alkyl carbamates (subject to hydrolysis) is 1. The fraction of sp³-hybridized carbons (Fsp3) is 0.545. The molecule has 1 aromatic carbocycles. The minimum atomic E-state index is -1.27. The zero-order valence-corrected chi connectivity index (χ0v) is 25.3. The van der Waals surface area contributed by atoms with Crippen molar-refractivity contribution in [1.29, 1.82) is 0 Å². The van der Waals surface area contributed by atoms with Crippen LogP contribution in [0.25, 0.3) is 17.0 Å². The van der Waals surface area contributed by atoms with Crippen LogP contribution in [-0.2, 0) is 28.6 Å². The summed E-state index contributed by atoms with van der Waals surface area (Å²) >= 11 is 0. The number of benzene rings is 1. The number of nitrogens with one attached hydrogen (secondary N) is 1. The molecule has 0 radical (unpaired) electrons. The Bertz CT molecular complexity index is 1370. The molecular weight excluding hydrogens is 536 g/mol. The van der Waals surface area contributed by atoms with Crippen molar-refractivity contribution in [2.24, 2.45) is 17.8 Å². The highest BCUT2D eigenvalue weighted by atomic mass is 16.6. The van der Waals surface area contributed by atoms with E-state index in [2.05, 4.69) is 10.3 Å². The third-order valence-electron chi connectivity index (χ3n) is 8.83. The Hall–Kier alpha value is -3.59. The van der Waals surface area contributed by atoms with Crippen LogP contribution in [0.4, 0.5) is 4.79 Å². The molecule has 7 atom stereocenters. The molecule has 1 N–H and O–H groups in total. The first kappa shape index (κ1) is 31.3. The van der Waals surface area contributed by atoms with Gasteiger partial charge in [-0.25, -0.2) is 4.79 Å². The van der Waals surface area contributed by atoms with E-state index in [-0.39, 0.29) is 24.6 Å². The van der Waals surface area contributed by atoms with E-state index in [0.717, 1.165) is 16.5 Å². The third-order valence-corrected chi connectivity index (χ3v) is 8.83. The summed E-state index contributed by atoms with van der Waals surface area (Å²) in [7, 11) is 0. The van der Waals surface area contributed by atoms with Crippen molar-refractivity contribution in [1.82, 2.24) is 10.3 Å². The SMILES string of the molecule is CC[C@H]1OC(=O)C(C)C(=O)CC[C@](C)(OC/C=C/c2cnc3ccccc3c2)C[C@@H](C)C(=O)C(C)C2NC(=O)O[C@@]21C. The smallest absolute Gasteiger partial charge is 0.408 e. The van der Waals surface area contributed by atoms with Gasteiger partial charge in [0.2, 0.25) is 0 Å². The van der Waals surface area contributed by atoms with Gasteiger partial charge in [-0.05, 0) is 57.7 Å². The van der Waals surface area contributed by atoms with E-state index in [1.54, 1.807) is 20.0 Å². The van der Waals surface area contributed by atoms with Crippen molar-refractivity contribution >= 4 is 40.6 Å². The van der Waals surface area contributed by atoms with Gasteiger partial charge in [-0.1, -0.05) is 51.1 Å². The predicted octanol–water partition coefficient (Wildman–Crippen LogP) is 5.44. The zero-order chi connectivity index (χ0) is 30.7. The first-order valence-electron chi connectivity index (χ1n) is 14.8. The first-order chi connectivity index (χ1) is 19.9. The predicted molar refractivity (Wildman–Crippen MR) is 158 cm³/mol. The number of esters is 1. The maximum atomic E-state index is 13.7. The van der Waals surface area contributed by atoms with Crippen molar-refractivity contribution in [2.45, 2.75) is 90.6 Å². The molecule has 1 aromatic heterocycles. The maximum Gasteiger partial charge on any atom is 0.408 e. The number of rotatable bonds is 5. The average Bonchev–Trinajstić information content (AvgIpc) is 3.29. The number of aromatic nitrogens is 1. The Morgan fingerprint density at radius 3 is 2.60 bits per heavy atom. The molecular formula is C33H42N2O7. The number of hydrogen-bond acceptors (Lipinski definition) is 8. The van der Waals surface area contributed by atoms with Crippen molar-refractivity contribution in [3.05, 3.63) is 48.2 Å². The van der Waals surface area contributed by atoms with E-state index >= 15 is 0 Å². The van der Waals surface area contributed by atoms with Crippen LogP contribution in [0, 0.1) is 17.8 Å². The van der Waals surface area contributed by atoms with E-state index in [0.29, 0.717) is 19.3 Å². The van der Waals surface area contributed by atoms with Gasteiger partial charge in [0, 0.05) is 29.8 Å². The van der Waals surface area contributed by atoms with Gasteiger partial charge < -0.3 is 19.5 Å². The summed E-state index contributed by atoms with van der Waals surface area (Å²) < 4.78 is 17.8. The fourth-order valence-electron chi connectivity index (χ4n) is 6.24. The molecule has 0 saturated carbocycles. The largest absolute Gasteiger partial charge is 0.458 e. The monoisotopic (exact) mass is 578 g/mol. The lowest BCUT2D eigenvalue weighted by molar-refractivity contribution is -0.170. The number of carbonyl (C=O) groups excluding carboxylic acids is 4. The molecule has 3 heterocycles. The number of carbonyl (C=O) groups is 4. The van der Waals surface area contributed by atoms with Crippen LogP contribution in [0.15, 0.2) is 42.6 Å². The fourth-order valence-corrected chi connectivity index (χ4v) is 6.24. The number of ketones is 2. The second-order valence-electron chi connectivity index (χ2n) is 12.1. The van der Waals surface area contributed by atoms with Gasteiger partial charge >= 0.3 is 12.1 Å². The van der Waals surface area contributed by atoms with Gasteiger partial charge in [0.1, 0.15) is 23.6 Å². The van der Waals surface area contributed by atoms with E-state index in [4.69, 9.17) is 14.2 Å². The zero-order valence-electron chi connectivity index (χ0n) is 25.3. The molecule has 2 aromatic rings. The van der Waals surface area contributed by atoms with Crippen LogP contribution in [0.3, 0.4) is 0 Å². The second kappa shape index (κ2) is 12.7. The number of hydrogen-bond donors (Lipinski definition) is 1. The van der Waals surface area contributed by atoms with Crippen LogP contribution in [0.1, 0.15) is 72.8 Å². The van der Waals surface area contributed by atoms with Crippen molar-refractivity contribution in [3.8, 4) is 0 Å². The van der Waals surface area contributed by atoms with Crippen LogP contribution in [0.2, 0.25) is 0 Å². The van der Waals surface area contributed by atoms with E-state index < -0.39 is 53.2 Å². The summed E-state index contributed by atoms with van der Waals surface area (Å²) in [5, 5.41) is 3.82. The molecule has 2 aliphatic heterocycles. The highest BCUT2D eigenvalue weighted by Gasteiger charge is 2.56. The Morgan fingerprint density at radius 2 is 1.86 bits per heavy atom. The van der Waals surface area contributed by atoms with Crippen molar-refractivity contribution in [2.75, 3.05) is 6.61 Å². The van der Waals surface area contributed by atoms with Gasteiger partial charge in [0.25, 0.3) is 0 Å². The molecule has 4 rings (SSSR count). The third kappa shape index (κ3) is 6.72. The van der Waals surface area contributed by atoms with Crippen molar-refractivity contribution in [3.63, 3.8) is 0 Å². The van der Waals surface area contributed by atoms with E-state index in [1.165, 1.54) is 6.92 Å². The molecule has 9 nitrogen and oxygen atoms in total. The van der Waals surface area contributed by atoms with Crippen LogP contribution < -0.4 is 5.32 Å². The molecule has 226 valence electrons. The molecule has 0 spiro atoms. The summed E-state index contributed by atoms with van der Waals surface area (Å²) in [6.07, 6.45) is 5.26. The molecule has 2 saturated heterocycles. The van der Waals surface area contributed by atoms with Crippen LogP contribution >= 0.6 is 0 Å². The van der Waals surface area contributed by atoms with Crippen molar-refractivity contribution < 1.29 is 33.4 Å². The highest BCUT2D eigenvalue weighted by Crippen LogP contribution is 2.37. The van der Waals surface area contributed by atoms with Gasteiger partial charge in [-0.3, -0.25) is 19.4 Å². The molecule has 2 aliphatic rings. The second-order valence-corrected chi connectivity index (χ2v) is 12.1.